The van der Waals surface area contributed by atoms with Crippen LogP contribution >= 0.6 is 0 Å². The zero-order chi connectivity index (χ0) is 8.27. The van der Waals surface area contributed by atoms with E-state index < -0.39 is 5.91 Å². The van der Waals surface area contributed by atoms with Gasteiger partial charge in [0.2, 0.25) is 0 Å². The number of carbonyl (C=O) groups excluding carboxylic acids is 1. The second-order valence-corrected chi connectivity index (χ2v) is 2.87. The van der Waals surface area contributed by atoms with E-state index in [0.29, 0.717) is 0 Å². The third-order valence-electron chi connectivity index (χ3n) is 2.06. The number of nitrogens with zero attached hydrogens (tertiary/aromatic N) is 1. The minimum absolute atomic E-state index is 0.104. The van der Waals surface area contributed by atoms with E-state index in [1.165, 1.54) is 0 Å². The molecule has 0 spiro atoms. The van der Waals surface area contributed by atoms with Crippen molar-refractivity contribution in [3.63, 3.8) is 0 Å². The predicted octanol–water partition coefficient (Wildman–Crippen LogP) is -0.747. The monoisotopic (exact) mass is 157 g/mol. The fraction of sp³-hybridized carbons (Fsp3) is 0.857. The van der Waals surface area contributed by atoms with Crippen LogP contribution in [0.5, 0.6) is 0 Å². The van der Waals surface area contributed by atoms with Crippen LogP contribution in [0.2, 0.25) is 0 Å². The second kappa shape index (κ2) is 3.69. The van der Waals surface area contributed by atoms with Crippen molar-refractivity contribution in [2.24, 2.45) is 0 Å². The molecule has 0 aromatic rings. The van der Waals surface area contributed by atoms with E-state index in [0.717, 1.165) is 19.4 Å². The van der Waals surface area contributed by atoms with E-state index in [1.54, 1.807) is 0 Å². The van der Waals surface area contributed by atoms with Crippen LogP contribution in [0.15, 0.2) is 0 Å². The summed E-state index contributed by atoms with van der Waals surface area (Å²) in [6.07, 6.45) is 1.97. The maximum Gasteiger partial charge on any atom is 0.252 e. The number of aliphatic hydroxyl groups excluding tert-OH is 1. The first-order chi connectivity index (χ1) is 5.24. The third-order valence-corrected chi connectivity index (χ3v) is 2.06. The fourth-order valence-electron chi connectivity index (χ4n) is 1.49. The smallest absolute Gasteiger partial charge is 0.252 e. The summed E-state index contributed by atoms with van der Waals surface area (Å²) in [6.45, 7) is 1.12. The van der Waals surface area contributed by atoms with Crippen LogP contribution < -0.4 is 5.73 Å². The van der Waals surface area contributed by atoms with Crippen molar-refractivity contribution in [2.45, 2.75) is 18.9 Å². The highest BCUT2D eigenvalue weighted by Crippen LogP contribution is 2.15. The Morgan fingerprint density at radius 2 is 2.45 bits per heavy atom. The van der Waals surface area contributed by atoms with Crippen LogP contribution in [0, 0.1) is 0 Å². The van der Waals surface area contributed by atoms with Gasteiger partial charge in [-0.2, -0.15) is 0 Å². The number of rotatable bonds is 3. The number of nitrogens with one attached hydrogen (secondary N) is 1. The number of aliphatic hydroxyl groups is 1. The predicted molar refractivity (Wildman–Crippen MR) is 39.8 cm³/mol. The SMILES string of the molecule is [NH]C(=O)CN1CCC[C@H]1CO. The van der Waals surface area contributed by atoms with Crippen molar-refractivity contribution in [1.82, 2.24) is 10.6 Å². The van der Waals surface area contributed by atoms with Crippen LogP contribution in [0.3, 0.4) is 0 Å². The van der Waals surface area contributed by atoms with E-state index in [2.05, 4.69) is 0 Å². The van der Waals surface area contributed by atoms with E-state index in [9.17, 15) is 4.79 Å². The molecule has 1 rings (SSSR count). The Kier molecular flexibility index (Phi) is 2.84. The van der Waals surface area contributed by atoms with Gasteiger partial charge in [0, 0.05) is 6.04 Å². The van der Waals surface area contributed by atoms with Crippen LogP contribution in [0.1, 0.15) is 12.8 Å². The molecule has 0 aromatic carbocycles. The molecule has 1 aliphatic heterocycles. The Morgan fingerprint density at radius 3 is 3.00 bits per heavy atom. The Morgan fingerprint density at radius 1 is 1.73 bits per heavy atom. The molecule has 0 unspecified atom stereocenters. The van der Waals surface area contributed by atoms with Gasteiger partial charge in [-0.1, -0.05) is 0 Å². The lowest BCUT2D eigenvalue weighted by Gasteiger charge is -2.19. The molecular formula is C7H13N2O2. The highest BCUT2D eigenvalue weighted by atomic mass is 16.3. The van der Waals surface area contributed by atoms with Gasteiger partial charge in [0.1, 0.15) is 0 Å². The first-order valence-corrected chi connectivity index (χ1v) is 3.83. The molecular weight excluding hydrogens is 144 g/mol. The van der Waals surface area contributed by atoms with E-state index in [4.69, 9.17) is 10.8 Å². The maximum atomic E-state index is 10.4. The molecule has 0 aliphatic carbocycles. The quantitative estimate of drug-likeness (QED) is 0.586. The lowest BCUT2D eigenvalue weighted by Crippen LogP contribution is -2.36. The van der Waals surface area contributed by atoms with Crippen molar-refractivity contribution < 1.29 is 9.90 Å². The summed E-state index contributed by atoms with van der Waals surface area (Å²) in [7, 11) is 0. The summed E-state index contributed by atoms with van der Waals surface area (Å²) in [5.74, 6) is -0.564. The summed E-state index contributed by atoms with van der Waals surface area (Å²) in [4.78, 5) is 12.3. The molecule has 2 N–H and O–H groups in total. The molecule has 63 valence electrons. The highest BCUT2D eigenvalue weighted by molar-refractivity contribution is 5.75. The summed E-state index contributed by atoms with van der Waals surface area (Å²) >= 11 is 0. The van der Waals surface area contributed by atoms with Crippen molar-refractivity contribution in [1.29, 1.82) is 0 Å². The minimum atomic E-state index is -0.564. The molecule has 1 amide bonds. The summed E-state index contributed by atoms with van der Waals surface area (Å²) in [5, 5.41) is 8.84. The number of hydrogen-bond acceptors (Lipinski definition) is 3. The van der Waals surface area contributed by atoms with Gasteiger partial charge in [0.05, 0.1) is 13.2 Å². The Labute approximate surface area is 66.0 Å². The van der Waals surface area contributed by atoms with E-state index >= 15 is 0 Å². The average Bonchev–Trinajstić information content (AvgIpc) is 2.34. The van der Waals surface area contributed by atoms with Crippen molar-refractivity contribution in [2.75, 3.05) is 19.7 Å². The summed E-state index contributed by atoms with van der Waals surface area (Å²) in [5.41, 5.74) is 6.75. The second-order valence-electron chi connectivity index (χ2n) is 2.87. The van der Waals surface area contributed by atoms with Crippen LogP contribution in [-0.2, 0) is 4.79 Å². The first-order valence-electron chi connectivity index (χ1n) is 3.83. The van der Waals surface area contributed by atoms with Crippen molar-refractivity contribution in [3.05, 3.63) is 0 Å². The number of amides is 1. The largest absolute Gasteiger partial charge is 0.395 e. The van der Waals surface area contributed by atoms with Crippen molar-refractivity contribution >= 4 is 5.91 Å². The highest BCUT2D eigenvalue weighted by Gasteiger charge is 2.24. The van der Waals surface area contributed by atoms with Crippen molar-refractivity contribution in [3.8, 4) is 0 Å². The molecule has 1 atom stereocenters. The Bertz CT molecular complexity index is 149. The van der Waals surface area contributed by atoms with E-state index in [1.807, 2.05) is 4.90 Å². The zero-order valence-corrected chi connectivity index (χ0v) is 6.42. The number of hydrogen-bond donors (Lipinski definition) is 1. The maximum absolute atomic E-state index is 10.4. The molecule has 0 saturated carbocycles. The van der Waals surface area contributed by atoms with E-state index in [-0.39, 0.29) is 19.2 Å². The molecule has 11 heavy (non-hydrogen) atoms. The topological polar surface area (TPSA) is 64.3 Å². The van der Waals surface area contributed by atoms with Gasteiger partial charge in [-0.05, 0) is 19.4 Å². The van der Waals surface area contributed by atoms with Gasteiger partial charge in [-0.25, -0.2) is 0 Å². The first kappa shape index (κ1) is 8.49. The van der Waals surface area contributed by atoms with Gasteiger partial charge >= 0.3 is 0 Å². The van der Waals surface area contributed by atoms with Gasteiger partial charge < -0.3 is 5.11 Å². The molecule has 4 heteroatoms. The molecule has 1 radical (unpaired) electrons. The Balaban J connectivity index is 2.37. The molecule has 1 heterocycles. The minimum Gasteiger partial charge on any atom is -0.395 e. The number of likely N-dealkylation sites (tertiary alicyclic amines) is 1. The zero-order valence-electron chi connectivity index (χ0n) is 6.42. The molecule has 1 fully saturated rings. The molecule has 4 nitrogen and oxygen atoms in total. The number of carbonyl (C=O) groups is 1. The standard InChI is InChI=1S/C7H13N2O2/c8-7(11)4-9-3-1-2-6(9)5-10/h6,8,10H,1-5H2/t6-/m0/s1. The Hall–Kier alpha value is -0.610. The molecule has 0 bridgehead atoms. The molecule has 1 saturated heterocycles. The van der Waals surface area contributed by atoms with Crippen LogP contribution in [0.25, 0.3) is 0 Å². The fourth-order valence-corrected chi connectivity index (χ4v) is 1.49. The normalized spacial score (nSPS) is 25.7. The molecule has 1 aliphatic rings. The molecule has 0 aromatic heterocycles. The van der Waals surface area contributed by atoms with Gasteiger partial charge in [-0.15, -0.1) is 0 Å². The van der Waals surface area contributed by atoms with Crippen LogP contribution in [0.4, 0.5) is 0 Å². The summed E-state index contributed by atoms with van der Waals surface area (Å²) in [6, 6.07) is 0.115. The summed E-state index contributed by atoms with van der Waals surface area (Å²) < 4.78 is 0. The van der Waals surface area contributed by atoms with Gasteiger partial charge in [0.15, 0.2) is 0 Å². The lowest BCUT2D eigenvalue weighted by molar-refractivity contribution is -0.120. The van der Waals surface area contributed by atoms with Gasteiger partial charge in [0.25, 0.3) is 5.91 Å². The lowest BCUT2D eigenvalue weighted by atomic mass is 10.2. The van der Waals surface area contributed by atoms with Gasteiger partial charge in [-0.3, -0.25) is 15.4 Å². The average molecular weight is 157 g/mol. The van der Waals surface area contributed by atoms with Crippen LogP contribution in [-0.4, -0.2) is 41.7 Å². The third kappa shape index (κ3) is 2.17.